The Morgan fingerprint density at radius 1 is 1.50 bits per heavy atom. The first-order chi connectivity index (χ1) is 3.77. The van der Waals surface area contributed by atoms with E-state index in [2.05, 4.69) is 13.8 Å². The summed E-state index contributed by atoms with van der Waals surface area (Å²) in [7, 11) is 0. The van der Waals surface area contributed by atoms with Gasteiger partial charge in [0, 0.05) is 0 Å². The largest absolute Gasteiger partial charge is 0.0897 e. The third-order valence-corrected chi connectivity index (χ3v) is 1.26. The van der Waals surface area contributed by atoms with Crippen molar-refractivity contribution in [2.45, 2.75) is 32.6 Å². The molecule has 0 rings (SSSR count). The molecule has 1 heteroatoms. The smallest absolute Gasteiger partial charge is 0.00680 e. The Balaban J connectivity index is 2.82. The summed E-state index contributed by atoms with van der Waals surface area (Å²) in [6.45, 7) is 5.83. The zero-order valence-corrected chi connectivity index (χ0v) is 6.26. The fourth-order valence-corrected chi connectivity index (χ4v) is 0.717. The summed E-state index contributed by atoms with van der Waals surface area (Å²) in [4.78, 5) is 0.901. The Morgan fingerprint density at radius 2 is 2.12 bits per heavy atom. The molecule has 0 saturated heterocycles. The summed E-state index contributed by atoms with van der Waals surface area (Å²) in [5.41, 5.74) is 0. The van der Waals surface area contributed by atoms with Crippen LogP contribution in [-0.2, 0) is 0 Å². The number of unbranched alkanes of at least 4 members (excludes halogenated alkanes) is 2. The van der Waals surface area contributed by atoms with Crippen LogP contribution >= 0.6 is 12.2 Å². The molecule has 0 unspecified atom stereocenters. The summed E-state index contributed by atoms with van der Waals surface area (Å²) < 4.78 is 0. The molecule has 47 valence electrons. The Morgan fingerprint density at radius 3 is 2.50 bits per heavy atom. The first-order valence-electron chi connectivity index (χ1n) is 3.12. The van der Waals surface area contributed by atoms with Crippen LogP contribution in [0.15, 0.2) is 0 Å². The van der Waals surface area contributed by atoms with E-state index in [0.717, 1.165) is 11.3 Å². The van der Waals surface area contributed by atoms with Gasteiger partial charge in [-0.25, -0.2) is 0 Å². The predicted octanol–water partition coefficient (Wildman–Crippen LogP) is 2.77. The van der Waals surface area contributed by atoms with Crippen molar-refractivity contribution in [3.63, 3.8) is 0 Å². The van der Waals surface area contributed by atoms with Gasteiger partial charge in [0.15, 0.2) is 0 Å². The lowest BCUT2D eigenvalue weighted by Gasteiger charge is -1.92. The number of hydrogen-bond donors (Lipinski definition) is 0. The summed E-state index contributed by atoms with van der Waals surface area (Å²) in [5.74, 6) is 0. The maximum atomic E-state index is 4.80. The molecule has 0 aliphatic rings. The zero-order valence-electron chi connectivity index (χ0n) is 5.44. The molecule has 0 aromatic rings. The van der Waals surface area contributed by atoms with Crippen molar-refractivity contribution in [3.8, 4) is 0 Å². The second-order valence-electron chi connectivity index (χ2n) is 2.00. The minimum Gasteiger partial charge on any atom is -0.0897 e. The highest BCUT2D eigenvalue weighted by atomic mass is 32.1. The standard InChI is InChI=1S/C7H13S/c1-3-4-5-6-7(2)8/h2-6H2,1H3. The van der Waals surface area contributed by atoms with Crippen molar-refractivity contribution < 1.29 is 0 Å². The van der Waals surface area contributed by atoms with Crippen LogP contribution in [0.4, 0.5) is 0 Å². The average Bonchev–Trinajstić information content (AvgIpc) is 1.66. The first kappa shape index (κ1) is 8.09. The van der Waals surface area contributed by atoms with Gasteiger partial charge in [0.05, 0.1) is 0 Å². The molecule has 0 heterocycles. The van der Waals surface area contributed by atoms with Crippen LogP contribution in [0.25, 0.3) is 0 Å². The maximum absolute atomic E-state index is 4.80. The third kappa shape index (κ3) is 6.09. The lowest BCUT2D eigenvalue weighted by molar-refractivity contribution is 0.745. The summed E-state index contributed by atoms with van der Waals surface area (Å²) in [5, 5.41) is 0. The number of rotatable bonds is 4. The molecule has 0 bridgehead atoms. The van der Waals surface area contributed by atoms with Crippen LogP contribution in [-0.4, -0.2) is 4.86 Å². The van der Waals surface area contributed by atoms with E-state index in [0.29, 0.717) is 0 Å². The Labute approximate surface area is 57.3 Å². The highest BCUT2D eigenvalue weighted by Gasteiger charge is 1.86. The Bertz CT molecular complexity index is 66.8. The number of thiocarbonyl (C=S) groups is 1. The van der Waals surface area contributed by atoms with Crippen LogP contribution in [0.5, 0.6) is 0 Å². The average molecular weight is 129 g/mol. The quantitative estimate of drug-likeness (QED) is 0.415. The van der Waals surface area contributed by atoms with Crippen molar-refractivity contribution in [2.24, 2.45) is 0 Å². The fourth-order valence-electron chi connectivity index (χ4n) is 0.572. The van der Waals surface area contributed by atoms with E-state index in [-0.39, 0.29) is 0 Å². The van der Waals surface area contributed by atoms with Gasteiger partial charge in [-0.2, -0.15) is 0 Å². The van der Waals surface area contributed by atoms with Gasteiger partial charge >= 0.3 is 0 Å². The van der Waals surface area contributed by atoms with E-state index in [9.17, 15) is 0 Å². The molecule has 0 nitrogen and oxygen atoms in total. The van der Waals surface area contributed by atoms with Gasteiger partial charge in [0.1, 0.15) is 0 Å². The lowest BCUT2D eigenvalue weighted by atomic mass is 10.2. The minimum atomic E-state index is 0.901. The van der Waals surface area contributed by atoms with Crippen molar-refractivity contribution in [1.29, 1.82) is 0 Å². The molecule has 0 aromatic carbocycles. The Kier molecular flexibility index (Phi) is 5.29. The van der Waals surface area contributed by atoms with Crippen molar-refractivity contribution in [1.82, 2.24) is 0 Å². The number of hydrogen-bond acceptors (Lipinski definition) is 1. The second-order valence-corrected chi connectivity index (χ2v) is 2.57. The molecule has 0 spiro atoms. The normalized spacial score (nSPS) is 9.25. The van der Waals surface area contributed by atoms with Gasteiger partial charge in [-0.05, 0) is 24.6 Å². The van der Waals surface area contributed by atoms with Gasteiger partial charge in [-0.3, -0.25) is 0 Å². The first-order valence-corrected chi connectivity index (χ1v) is 3.53. The fraction of sp³-hybridized carbons (Fsp3) is 0.714. The molecule has 0 aliphatic heterocycles. The van der Waals surface area contributed by atoms with E-state index in [1.54, 1.807) is 0 Å². The second kappa shape index (κ2) is 5.23. The molecule has 0 N–H and O–H groups in total. The van der Waals surface area contributed by atoms with Crippen LogP contribution < -0.4 is 0 Å². The molecular weight excluding hydrogens is 116 g/mol. The molecular formula is C7H13S. The molecule has 0 aromatic heterocycles. The van der Waals surface area contributed by atoms with Crippen molar-refractivity contribution >= 4 is 17.1 Å². The van der Waals surface area contributed by atoms with E-state index in [1.807, 2.05) is 0 Å². The lowest BCUT2D eigenvalue weighted by Crippen LogP contribution is -1.85. The highest BCUT2D eigenvalue weighted by molar-refractivity contribution is 7.80. The SMILES string of the molecule is [CH2]C(=S)CCCCC. The molecule has 0 fully saturated rings. The van der Waals surface area contributed by atoms with Crippen molar-refractivity contribution in [2.75, 3.05) is 0 Å². The summed E-state index contributed by atoms with van der Waals surface area (Å²) >= 11 is 4.80. The summed E-state index contributed by atoms with van der Waals surface area (Å²) in [6.07, 6.45) is 4.81. The van der Waals surface area contributed by atoms with E-state index >= 15 is 0 Å². The molecule has 0 amide bonds. The van der Waals surface area contributed by atoms with E-state index in [1.165, 1.54) is 19.3 Å². The monoisotopic (exact) mass is 129 g/mol. The molecule has 0 saturated carbocycles. The zero-order chi connectivity index (χ0) is 6.41. The highest BCUT2D eigenvalue weighted by Crippen LogP contribution is 1.99. The van der Waals surface area contributed by atoms with Gasteiger partial charge in [-0.15, -0.1) is 0 Å². The predicted molar refractivity (Wildman–Crippen MR) is 42.1 cm³/mol. The molecule has 1 radical (unpaired) electrons. The van der Waals surface area contributed by atoms with Gasteiger partial charge in [0.25, 0.3) is 0 Å². The molecule has 0 atom stereocenters. The van der Waals surface area contributed by atoms with Gasteiger partial charge in [0.2, 0.25) is 0 Å². The maximum Gasteiger partial charge on any atom is -0.00680 e. The molecule has 8 heavy (non-hydrogen) atoms. The van der Waals surface area contributed by atoms with Crippen LogP contribution in [0, 0.1) is 6.92 Å². The van der Waals surface area contributed by atoms with Crippen LogP contribution in [0.3, 0.4) is 0 Å². The van der Waals surface area contributed by atoms with Gasteiger partial charge in [-0.1, -0.05) is 32.0 Å². The van der Waals surface area contributed by atoms with E-state index in [4.69, 9.17) is 12.2 Å². The summed E-state index contributed by atoms with van der Waals surface area (Å²) in [6, 6.07) is 0. The Hall–Kier alpha value is 0.0900. The minimum absolute atomic E-state index is 0.901. The van der Waals surface area contributed by atoms with Gasteiger partial charge < -0.3 is 0 Å². The van der Waals surface area contributed by atoms with Crippen LogP contribution in [0.2, 0.25) is 0 Å². The van der Waals surface area contributed by atoms with E-state index < -0.39 is 0 Å². The van der Waals surface area contributed by atoms with Crippen LogP contribution in [0.1, 0.15) is 32.6 Å². The third-order valence-electron chi connectivity index (χ3n) is 1.06. The molecule has 0 aliphatic carbocycles. The van der Waals surface area contributed by atoms with Crippen molar-refractivity contribution in [3.05, 3.63) is 6.92 Å². The topological polar surface area (TPSA) is 0 Å².